The predicted octanol–water partition coefficient (Wildman–Crippen LogP) is 7.78. The Morgan fingerprint density at radius 2 is 1.20 bits per heavy atom. The topological polar surface area (TPSA) is 163 Å². The molecule has 4 aromatic heterocycles. The van der Waals surface area contributed by atoms with Crippen LogP contribution in [0.1, 0.15) is 0 Å². The summed E-state index contributed by atoms with van der Waals surface area (Å²) >= 11 is 6.85. The minimum Gasteiger partial charge on any atom is -0.481 e. The Morgan fingerprint density at radius 1 is 0.705 bits per heavy atom. The van der Waals surface area contributed by atoms with Crippen LogP contribution in [0.25, 0.3) is 21.8 Å². The molecule has 6 aromatic rings. The fourth-order valence-corrected chi connectivity index (χ4v) is 4.90. The molecule has 0 aliphatic heterocycles. The van der Waals surface area contributed by atoms with Crippen molar-refractivity contribution in [3.63, 3.8) is 0 Å². The Kier molecular flexibility index (Phi) is 9.31. The molecule has 0 aliphatic carbocycles. The van der Waals surface area contributed by atoms with E-state index >= 15 is 0 Å². The molecule has 0 spiro atoms. The van der Waals surface area contributed by atoms with Crippen LogP contribution in [0.5, 0.6) is 11.8 Å². The van der Waals surface area contributed by atoms with Gasteiger partial charge in [0.1, 0.15) is 11.9 Å². The molecule has 6 rings (SSSR count). The first-order chi connectivity index (χ1) is 21.2. The first kappa shape index (κ1) is 30.4. The van der Waals surface area contributed by atoms with E-state index < -0.39 is 4.92 Å². The van der Waals surface area contributed by atoms with Crippen molar-refractivity contribution in [3.05, 3.63) is 105 Å². The average Bonchev–Trinajstić information content (AvgIpc) is 3.03. The number of halogens is 2. The molecule has 0 radical (unpaired) electrons. The number of pyridine rings is 4. The number of nitro groups is 1. The Labute approximate surface area is 268 Å². The van der Waals surface area contributed by atoms with Gasteiger partial charge in [0.25, 0.3) is 0 Å². The highest BCUT2D eigenvalue weighted by molar-refractivity contribution is 9.10. The Hall–Kier alpha value is -5.08. The lowest BCUT2D eigenvalue weighted by Crippen LogP contribution is -2.00. The molecule has 4 N–H and O–H groups in total. The summed E-state index contributed by atoms with van der Waals surface area (Å²) < 4.78 is 11.8. The summed E-state index contributed by atoms with van der Waals surface area (Å²) in [5.74, 6) is 1.03. The van der Waals surface area contributed by atoms with E-state index in [-0.39, 0.29) is 5.69 Å². The number of nitrogen functional groups attached to an aromatic ring is 1. The van der Waals surface area contributed by atoms with E-state index in [2.05, 4.69) is 62.4 Å². The molecular formula is C30H24Br2N8O4. The van der Waals surface area contributed by atoms with E-state index in [1.165, 1.54) is 13.3 Å². The maximum absolute atomic E-state index is 11.3. The highest BCUT2D eigenvalue weighted by Gasteiger charge is 2.19. The second kappa shape index (κ2) is 13.5. The molecule has 0 unspecified atom stereocenters. The number of rotatable bonds is 7. The zero-order valence-corrected chi connectivity index (χ0v) is 26.5. The number of nitrogens with one attached hydrogen (secondary N) is 2. The van der Waals surface area contributed by atoms with E-state index in [4.69, 9.17) is 15.2 Å². The van der Waals surface area contributed by atoms with Crippen LogP contribution in [-0.2, 0) is 0 Å². The minimum absolute atomic E-state index is 0.105. The van der Waals surface area contributed by atoms with Crippen molar-refractivity contribution in [2.75, 3.05) is 30.6 Å². The lowest BCUT2D eigenvalue weighted by molar-refractivity contribution is -0.384. The molecule has 222 valence electrons. The largest absolute Gasteiger partial charge is 0.481 e. The highest BCUT2D eigenvalue weighted by Crippen LogP contribution is 2.36. The second-order valence-corrected chi connectivity index (χ2v) is 10.9. The van der Waals surface area contributed by atoms with Crippen molar-refractivity contribution >= 4 is 87.8 Å². The van der Waals surface area contributed by atoms with Gasteiger partial charge in [0.05, 0.1) is 71.5 Å². The number of hydrogen-bond donors (Lipinski definition) is 3. The normalized spacial score (nSPS) is 10.5. The van der Waals surface area contributed by atoms with Crippen LogP contribution in [0.4, 0.5) is 34.1 Å². The smallest absolute Gasteiger partial charge is 0.311 e. The van der Waals surface area contributed by atoms with Crippen molar-refractivity contribution in [3.8, 4) is 11.8 Å². The lowest BCUT2D eigenvalue weighted by Gasteiger charge is -2.12. The highest BCUT2D eigenvalue weighted by atomic mass is 79.9. The quantitative estimate of drug-likeness (QED) is 0.109. The van der Waals surface area contributed by atoms with Crippen LogP contribution < -0.4 is 25.8 Å². The molecule has 2 aromatic carbocycles. The number of nitrogens with zero attached hydrogens (tertiary/aromatic N) is 5. The zero-order chi connectivity index (χ0) is 31.2. The summed E-state index contributed by atoms with van der Waals surface area (Å²) in [6, 6.07) is 18.4. The molecule has 44 heavy (non-hydrogen) atoms. The molecule has 0 bridgehead atoms. The van der Waals surface area contributed by atoms with Gasteiger partial charge in [-0.1, -0.05) is 31.9 Å². The monoisotopic (exact) mass is 718 g/mol. The molecule has 0 saturated heterocycles. The van der Waals surface area contributed by atoms with Crippen LogP contribution >= 0.6 is 31.9 Å². The van der Waals surface area contributed by atoms with Crippen molar-refractivity contribution in [1.29, 1.82) is 0 Å². The molecule has 0 amide bonds. The van der Waals surface area contributed by atoms with Gasteiger partial charge in [0, 0.05) is 31.9 Å². The first-order valence-electron chi connectivity index (χ1n) is 12.9. The lowest BCUT2D eigenvalue weighted by atomic mass is 10.1. The van der Waals surface area contributed by atoms with Crippen molar-refractivity contribution < 1.29 is 14.4 Å². The number of anilines is 5. The summed E-state index contributed by atoms with van der Waals surface area (Å²) in [6.45, 7) is 0. The number of nitrogens with two attached hydrogens (primary N) is 1. The van der Waals surface area contributed by atoms with E-state index in [1.807, 2.05) is 30.3 Å². The van der Waals surface area contributed by atoms with Gasteiger partial charge in [0.2, 0.25) is 11.8 Å². The summed E-state index contributed by atoms with van der Waals surface area (Å²) in [5.41, 5.74) is 10.7. The fourth-order valence-electron chi connectivity index (χ4n) is 4.18. The number of ether oxygens (including phenoxy) is 2. The summed E-state index contributed by atoms with van der Waals surface area (Å²) in [7, 11) is 3.11. The maximum Gasteiger partial charge on any atom is 0.311 e. The van der Waals surface area contributed by atoms with E-state index in [1.54, 1.807) is 56.0 Å². The Morgan fingerprint density at radius 3 is 1.68 bits per heavy atom. The van der Waals surface area contributed by atoms with Gasteiger partial charge in [0.15, 0.2) is 0 Å². The van der Waals surface area contributed by atoms with Crippen molar-refractivity contribution in [2.45, 2.75) is 0 Å². The van der Waals surface area contributed by atoms with Gasteiger partial charge in [-0.2, -0.15) is 0 Å². The molecule has 0 atom stereocenters. The standard InChI is InChI=1S/C15H11BrN4O3.C15H13BrN4O/c1-23-14-5-3-10(7-18-14)19-15-11-6-9(16)2-4-12(11)17-8-13(15)20(21)22;1-21-14-5-3-10(7-19-14)20-15-11-6-9(16)2-4-13(11)18-8-12(15)17/h2-8H,1H3,(H,17,19);2-8H,17H2,1H3,(H,18,20). The van der Waals surface area contributed by atoms with Crippen molar-refractivity contribution in [1.82, 2.24) is 19.9 Å². The van der Waals surface area contributed by atoms with E-state index in [9.17, 15) is 10.1 Å². The summed E-state index contributed by atoms with van der Waals surface area (Å²) in [4.78, 5) is 27.6. The molecule has 14 heteroatoms. The third kappa shape index (κ3) is 6.93. The number of hydrogen-bond acceptors (Lipinski definition) is 11. The Balaban J connectivity index is 0.000000175. The summed E-state index contributed by atoms with van der Waals surface area (Å²) in [6.07, 6.45) is 6.14. The SMILES string of the molecule is COc1ccc(Nc2c(N)cnc3ccc(Br)cc23)cn1.COc1ccc(Nc2c([N+](=O)[O-])cnc3ccc(Br)cc23)cn1. The van der Waals surface area contributed by atoms with E-state index in [0.29, 0.717) is 39.7 Å². The number of methoxy groups -OCH3 is 2. The van der Waals surface area contributed by atoms with Crippen LogP contribution in [0.3, 0.4) is 0 Å². The first-order valence-corrected chi connectivity index (χ1v) is 14.4. The number of benzene rings is 2. The van der Waals surface area contributed by atoms with E-state index in [0.717, 1.165) is 31.2 Å². The molecule has 0 fully saturated rings. The third-order valence-corrected chi connectivity index (χ3v) is 7.28. The average molecular weight is 720 g/mol. The molecule has 0 aliphatic rings. The van der Waals surface area contributed by atoms with Crippen LogP contribution in [0, 0.1) is 10.1 Å². The number of aromatic nitrogens is 4. The van der Waals surface area contributed by atoms with Gasteiger partial charge in [-0.15, -0.1) is 0 Å². The van der Waals surface area contributed by atoms with Gasteiger partial charge in [-0.3, -0.25) is 15.1 Å². The third-order valence-electron chi connectivity index (χ3n) is 6.30. The van der Waals surface area contributed by atoms with Gasteiger partial charge < -0.3 is 25.8 Å². The summed E-state index contributed by atoms with van der Waals surface area (Å²) in [5, 5.41) is 19.3. The van der Waals surface area contributed by atoms with Gasteiger partial charge >= 0.3 is 5.69 Å². The fraction of sp³-hybridized carbons (Fsp3) is 0.0667. The predicted molar refractivity (Wildman–Crippen MR) is 178 cm³/mol. The van der Waals surface area contributed by atoms with Crippen LogP contribution in [0.15, 0.2) is 94.4 Å². The molecular weight excluding hydrogens is 696 g/mol. The molecule has 12 nitrogen and oxygen atoms in total. The number of fused-ring (bicyclic) bond motifs is 2. The second-order valence-electron chi connectivity index (χ2n) is 9.12. The minimum atomic E-state index is -0.466. The zero-order valence-electron chi connectivity index (χ0n) is 23.3. The molecule has 4 heterocycles. The molecule has 0 saturated carbocycles. The maximum atomic E-state index is 11.3. The van der Waals surface area contributed by atoms with Crippen LogP contribution in [-0.4, -0.2) is 39.1 Å². The van der Waals surface area contributed by atoms with Crippen LogP contribution in [0.2, 0.25) is 0 Å². The van der Waals surface area contributed by atoms with Gasteiger partial charge in [-0.25, -0.2) is 15.0 Å². The van der Waals surface area contributed by atoms with Gasteiger partial charge in [-0.05, 0) is 48.5 Å². The Bertz CT molecular complexity index is 1950. The van der Waals surface area contributed by atoms with Crippen molar-refractivity contribution in [2.24, 2.45) is 0 Å².